The van der Waals surface area contributed by atoms with E-state index in [0.717, 1.165) is 198 Å². The van der Waals surface area contributed by atoms with Gasteiger partial charge in [0.1, 0.15) is 30.0 Å². The molecule has 0 aliphatic heterocycles. The van der Waals surface area contributed by atoms with E-state index in [1.54, 1.807) is 34.0 Å². The van der Waals surface area contributed by atoms with Gasteiger partial charge in [0.05, 0.1) is 119 Å². The van der Waals surface area contributed by atoms with Crippen molar-refractivity contribution in [1.82, 2.24) is 72.3 Å². The molecule has 18 heteroatoms. The Hall–Kier alpha value is -19.1. The van der Waals surface area contributed by atoms with Crippen molar-refractivity contribution in [3.63, 3.8) is 0 Å². The molecule has 147 heavy (non-hydrogen) atoms. The van der Waals surface area contributed by atoms with Crippen LogP contribution in [0.5, 0.6) is 0 Å². The minimum atomic E-state index is 0.950. The SMILES string of the molecule is c1ccc(-c2ncc(-n3c4ccc(-c5ccccn5)cc4c4c5c6cc(-c7ccccn7)ccc6n(-c6ccccc6)c5ccc43)s2)cc1.c1ccc(-c2ncc(-n3c4ccc(-c5ccccn5)cc4c4cc5c6cc(-c7ccccn7)ccc6n(-c6ccccc6)c5cc43)s2)cc1.c1ccc(-c2ncc(-n3c4ccc(-c5ccccn5)cc4c4ccc5c6cc(-c7ccccn7)ccc6n(-c6ccccc6)c5c43)s2)cc1. The molecule has 0 radical (unpaired) electrons. The van der Waals surface area contributed by atoms with Crippen molar-refractivity contribution in [1.29, 1.82) is 0 Å². The van der Waals surface area contributed by atoms with Crippen molar-refractivity contribution >= 4 is 165 Å². The van der Waals surface area contributed by atoms with Gasteiger partial charge in [-0.05, 0) is 206 Å². The van der Waals surface area contributed by atoms with Gasteiger partial charge >= 0.3 is 0 Å². The summed E-state index contributed by atoms with van der Waals surface area (Å²) < 4.78 is 14.4. The third-order valence-corrected chi connectivity index (χ3v) is 31.1. The van der Waals surface area contributed by atoms with Gasteiger partial charge in [-0.25, -0.2) is 15.0 Å². The number of nitrogens with zero attached hydrogens (tertiary/aromatic N) is 15. The fourth-order valence-electron chi connectivity index (χ4n) is 21.4. The molecule has 0 spiro atoms. The van der Waals surface area contributed by atoms with E-state index in [1.807, 2.05) is 147 Å². The Morgan fingerprint density at radius 2 is 0.388 bits per heavy atom. The van der Waals surface area contributed by atoms with Crippen LogP contribution >= 0.6 is 34.0 Å². The van der Waals surface area contributed by atoms with Crippen molar-refractivity contribution in [2.75, 3.05) is 0 Å². The zero-order chi connectivity index (χ0) is 96.9. The molecule has 0 N–H and O–H groups in total. The molecule has 30 rings (SSSR count). The number of hydrogen-bond donors (Lipinski definition) is 0. The molecule has 0 fully saturated rings. The van der Waals surface area contributed by atoms with E-state index in [2.05, 4.69) is 393 Å². The average molecular weight is 1940 g/mol. The molecule has 15 nitrogen and oxygen atoms in total. The lowest BCUT2D eigenvalue weighted by Gasteiger charge is -2.11. The Morgan fingerprint density at radius 3 is 0.735 bits per heavy atom. The smallest absolute Gasteiger partial charge is 0.125 e. The molecule has 30 aromatic rings. The molecule has 0 saturated heterocycles. The second-order valence-corrected chi connectivity index (χ2v) is 39.4. The summed E-state index contributed by atoms with van der Waals surface area (Å²) in [4.78, 5) is 42.9. The van der Waals surface area contributed by atoms with Crippen LogP contribution < -0.4 is 0 Å². The first kappa shape index (κ1) is 85.8. The predicted molar refractivity (Wildman–Crippen MR) is 608 cm³/mol. The summed E-state index contributed by atoms with van der Waals surface area (Å²) in [5, 5.41) is 20.4. The number of rotatable bonds is 15. The molecule has 690 valence electrons. The van der Waals surface area contributed by atoms with Gasteiger partial charge in [0.25, 0.3) is 0 Å². The quantitative estimate of drug-likeness (QED) is 0.0979. The van der Waals surface area contributed by atoms with E-state index < -0.39 is 0 Å². The zero-order valence-electron chi connectivity index (χ0n) is 78.7. The largest absolute Gasteiger partial charge is 0.309 e. The third-order valence-electron chi connectivity index (χ3n) is 28.0. The average Bonchev–Trinajstić information content (AvgIpc) is 1.54. The standard InChI is InChI=1S/3C43H27N5S/c1-3-11-28(12-4-1)43-46-27-40(49-43)48-39-22-18-30(37-16-8-10-24-45-37)26-35(39)33-20-19-32-34-25-29(36-15-7-9-23-44-36)17-21-38(34)47(41(32)42(33)48)31-13-5-2-6-14-31;1-3-11-28(12-4-1)43-46-27-40(49-43)48-37-20-18-30(35-16-8-10-24-45-35)26-33(37)42-39(48)22-21-38-41(42)32-25-29(34-15-7-9-23-44-34)17-19-36(32)47(38)31-13-5-2-6-14-31;1-3-11-28(12-4-1)43-46-27-42(49-43)48-39-20-18-30(37-16-8-10-22-45-37)24-33(39)35-25-34-32-23-29(36-15-7-9-21-44-36)17-19-38(32)47(40(34)26-41(35)48)31-13-5-2-6-14-31/h3*1-27H. The predicted octanol–water partition coefficient (Wildman–Crippen LogP) is 33.4. The molecule has 15 aromatic heterocycles. The molecule has 0 bridgehead atoms. The zero-order valence-corrected chi connectivity index (χ0v) is 81.1. The van der Waals surface area contributed by atoms with Gasteiger partial charge in [-0.3, -0.25) is 43.6 Å². The van der Waals surface area contributed by atoms with Crippen LogP contribution in [0.3, 0.4) is 0 Å². The minimum absolute atomic E-state index is 0.950. The van der Waals surface area contributed by atoms with Crippen LogP contribution in [0.1, 0.15) is 0 Å². The lowest BCUT2D eigenvalue weighted by molar-refractivity contribution is 1.16. The van der Waals surface area contributed by atoms with E-state index >= 15 is 0 Å². The van der Waals surface area contributed by atoms with Gasteiger partial charge in [-0.2, -0.15) is 0 Å². The highest BCUT2D eigenvalue weighted by molar-refractivity contribution is 7.18. The molecule has 0 unspecified atom stereocenters. The molecule has 0 saturated carbocycles. The van der Waals surface area contributed by atoms with Crippen molar-refractivity contribution < 1.29 is 0 Å². The van der Waals surface area contributed by atoms with Crippen LogP contribution in [0.25, 0.3) is 262 Å². The number of fused-ring (bicyclic) bond motifs is 20. The number of hydrogen-bond acceptors (Lipinski definition) is 12. The second kappa shape index (κ2) is 36.1. The Kier molecular flexibility index (Phi) is 21.1. The minimum Gasteiger partial charge on any atom is -0.309 e. The maximum Gasteiger partial charge on any atom is 0.125 e. The fourth-order valence-corrected chi connectivity index (χ4v) is 24.3. The Bertz CT molecular complexity index is 10300. The van der Waals surface area contributed by atoms with Crippen LogP contribution in [-0.4, -0.2) is 72.3 Å². The topological polar surface area (TPSA) is 146 Å². The van der Waals surface area contributed by atoms with E-state index in [0.29, 0.717) is 0 Å². The highest BCUT2D eigenvalue weighted by atomic mass is 32.1. The summed E-state index contributed by atoms with van der Waals surface area (Å²) in [6.07, 6.45) is 17.2. The summed E-state index contributed by atoms with van der Waals surface area (Å²) in [5.41, 5.74) is 32.7. The normalized spacial score (nSPS) is 11.7. The van der Waals surface area contributed by atoms with E-state index in [-0.39, 0.29) is 0 Å². The van der Waals surface area contributed by atoms with Crippen LogP contribution in [0.15, 0.2) is 493 Å². The summed E-state index contributed by atoms with van der Waals surface area (Å²) in [7, 11) is 0. The van der Waals surface area contributed by atoms with Gasteiger partial charge in [0.15, 0.2) is 0 Å². The van der Waals surface area contributed by atoms with Crippen LogP contribution in [0.2, 0.25) is 0 Å². The summed E-state index contributed by atoms with van der Waals surface area (Å²) in [5.74, 6) is 0. The second-order valence-electron chi connectivity index (χ2n) is 36.4. The summed E-state index contributed by atoms with van der Waals surface area (Å²) in [6, 6.07) is 154. The molecule has 0 amide bonds. The highest BCUT2D eigenvalue weighted by Gasteiger charge is 2.29. The number of thiazole rings is 3. The van der Waals surface area contributed by atoms with Gasteiger partial charge in [0.2, 0.25) is 0 Å². The van der Waals surface area contributed by atoms with Crippen molar-refractivity contribution in [3.05, 3.63) is 493 Å². The maximum atomic E-state index is 4.94. The van der Waals surface area contributed by atoms with E-state index in [4.69, 9.17) is 24.9 Å². The van der Waals surface area contributed by atoms with Crippen molar-refractivity contribution in [2.24, 2.45) is 0 Å². The van der Waals surface area contributed by atoms with Gasteiger partial charge < -0.3 is 13.7 Å². The van der Waals surface area contributed by atoms with Crippen LogP contribution in [0, 0.1) is 0 Å². The molecular formula is C129H81N15S3. The van der Waals surface area contributed by atoms with Gasteiger partial charge in [0, 0.05) is 169 Å². The first-order valence-electron chi connectivity index (χ1n) is 48.8. The monoisotopic (exact) mass is 1940 g/mol. The van der Waals surface area contributed by atoms with E-state index in [9.17, 15) is 0 Å². The first-order valence-corrected chi connectivity index (χ1v) is 51.3. The van der Waals surface area contributed by atoms with Crippen LogP contribution in [0.4, 0.5) is 0 Å². The summed E-state index contributed by atoms with van der Waals surface area (Å²) in [6.45, 7) is 0. The summed E-state index contributed by atoms with van der Waals surface area (Å²) >= 11 is 5.13. The molecule has 15 aromatic carbocycles. The van der Waals surface area contributed by atoms with Crippen molar-refractivity contribution in [3.8, 4) is 131 Å². The molecule has 0 aliphatic rings. The Labute approximate surface area is 854 Å². The first-order chi connectivity index (χ1) is 72.9. The number of aromatic nitrogens is 15. The van der Waals surface area contributed by atoms with Gasteiger partial charge in [-0.1, -0.05) is 265 Å². The van der Waals surface area contributed by atoms with E-state index in [1.165, 1.54) is 64.6 Å². The number of para-hydroxylation sites is 3. The molecular weight excluding hydrogens is 1860 g/mol. The van der Waals surface area contributed by atoms with Gasteiger partial charge in [-0.15, -0.1) is 0 Å². The fraction of sp³-hybridized carbons (Fsp3) is 0. The lowest BCUT2D eigenvalue weighted by atomic mass is 10.0. The molecule has 0 atom stereocenters. The maximum absolute atomic E-state index is 4.94. The Morgan fingerprint density at radius 1 is 0.150 bits per heavy atom. The number of pyridine rings is 6. The van der Waals surface area contributed by atoms with Crippen LogP contribution in [-0.2, 0) is 0 Å². The number of benzene rings is 15. The Balaban J connectivity index is 0.000000107. The molecule has 0 aliphatic carbocycles. The third kappa shape index (κ3) is 14.9. The molecule has 15 heterocycles. The highest BCUT2D eigenvalue weighted by Crippen LogP contribution is 2.50. The lowest BCUT2D eigenvalue weighted by Crippen LogP contribution is -1.97. The van der Waals surface area contributed by atoms with Crippen molar-refractivity contribution in [2.45, 2.75) is 0 Å².